The molecule has 0 atom stereocenters. The van der Waals surface area contributed by atoms with Crippen molar-refractivity contribution in [1.29, 1.82) is 0 Å². The molecule has 0 unspecified atom stereocenters. The van der Waals surface area contributed by atoms with E-state index in [2.05, 4.69) is 0 Å². The van der Waals surface area contributed by atoms with Gasteiger partial charge in [-0.15, -0.1) is 0 Å². The van der Waals surface area contributed by atoms with Crippen LogP contribution in [0.3, 0.4) is 0 Å². The molecule has 7 heteroatoms. The molecule has 0 aromatic carbocycles. The van der Waals surface area contributed by atoms with Gasteiger partial charge in [0.2, 0.25) is 0 Å². The molecule has 0 radical (unpaired) electrons. The Morgan fingerprint density at radius 1 is 0.429 bits per heavy atom. The van der Waals surface area contributed by atoms with Crippen LogP contribution >= 0.6 is 0 Å². The van der Waals surface area contributed by atoms with Gasteiger partial charge in [-0.05, 0) is 0 Å². The molecule has 0 amide bonds. The summed E-state index contributed by atoms with van der Waals surface area (Å²) in [4.78, 5) is 0. The monoisotopic (exact) mass is 314 g/mol. The minimum Gasteiger partial charge on any atom is -2.00 e. The van der Waals surface area contributed by atoms with Gasteiger partial charge in [0.1, 0.15) is 0 Å². The Kier molecular flexibility index (Phi) is 3980. The van der Waals surface area contributed by atoms with Gasteiger partial charge in [-0.25, -0.2) is 0 Å². The Balaban J connectivity index is 0. The molecule has 0 saturated heterocycles. The molecule has 0 fully saturated rings. The van der Waals surface area contributed by atoms with Gasteiger partial charge in [0.25, 0.3) is 0 Å². The Morgan fingerprint density at radius 2 is 0.429 bits per heavy atom. The van der Waals surface area contributed by atoms with Crippen LogP contribution in [0.25, 0.3) is 0 Å². The van der Waals surface area contributed by atoms with Gasteiger partial charge in [-0.3, -0.25) is 0 Å². The van der Waals surface area contributed by atoms with Crippen molar-refractivity contribution in [2.75, 3.05) is 0 Å². The summed E-state index contributed by atoms with van der Waals surface area (Å²) in [6.07, 6.45) is 0. The molecular weight excluding hydrogens is 310 g/mol. The summed E-state index contributed by atoms with van der Waals surface area (Å²) >= 11 is 0. The van der Waals surface area contributed by atoms with Gasteiger partial charge < -0.3 is 27.4 Å². The Hall–Kier alpha value is 1.54. The van der Waals surface area contributed by atoms with Crippen LogP contribution in [-0.2, 0) is 16.4 Å². The predicted molar refractivity (Wildman–Crippen MR) is 20.8 cm³/mol. The molecule has 7 heavy (non-hydrogen) atoms. The van der Waals surface area contributed by atoms with Crippen LogP contribution in [0.4, 0.5) is 0 Å². The minimum absolute atomic E-state index is 0. The van der Waals surface area contributed by atoms with Crippen LogP contribution in [0.2, 0.25) is 0 Å². The predicted octanol–water partition coefficient (Wildman–Crippen LogP) is -2.77. The van der Waals surface area contributed by atoms with E-state index in [-0.39, 0.29) is 79.1 Å². The third kappa shape index (κ3) is 97.6. The second kappa shape index (κ2) is 136. The molecule has 4 N–H and O–H groups in total. The van der Waals surface area contributed by atoms with Crippen molar-refractivity contribution in [2.45, 2.75) is 0 Å². The second-order valence-electron chi connectivity index (χ2n) is 0. The molecule has 0 heterocycles. The van der Waals surface area contributed by atoms with Crippen LogP contribution in [0.5, 0.6) is 0 Å². The van der Waals surface area contributed by atoms with Gasteiger partial charge in [0.05, 0.1) is 0 Å². The topological polar surface area (TPSA) is 148 Å². The van der Waals surface area contributed by atoms with Crippen molar-refractivity contribution in [2.24, 2.45) is 0 Å². The van der Waals surface area contributed by atoms with E-state index in [0.29, 0.717) is 0 Å². The van der Waals surface area contributed by atoms with Gasteiger partial charge in [-0.2, -0.15) is 0 Å². The first-order valence-corrected chi connectivity index (χ1v) is 0. The molecule has 0 aliphatic heterocycles. The Morgan fingerprint density at radius 3 is 0.429 bits per heavy atom. The number of rotatable bonds is 0. The van der Waals surface area contributed by atoms with Gasteiger partial charge >= 0.3 is 51.7 Å². The SMILES string of the molecule is O.O.[In+3].[In+3].[O-2].[O-2].[O-2]. The summed E-state index contributed by atoms with van der Waals surface area (Å²) in [7, 11) is 0. The summed E-state index contributed by atoms with van der Waals surface area (Å²) in [5.41, 5.74) is 0. The largest absolute Gasteiger partial charge is 3.00 e. The van der Waals surface area contributed by atoms with E-state index in [4.69, 9.17) is 0 Å². The van der Waals surface area contributed by atoms with Gasteiger partial charge in [0, 0.05) is 0 Å². The molecule has 5 nitrogen and oxygen atoms in total. The van der Waals surface area contributed by atoms with E-state index in [0.717, 1.165) is 0 Å². The molecule has 0 spiro atoms. The number of hydrogen-bond acceptors (Lipinski definition) is 0. The van der Waals surface area contributed by atoms with Crippen molar-refractivity contribution < 1.29 is 27.4 Å². The summed E-state index contributed by atoms with van der Waals surface area (Å²) in [6, 6.07) is 0. The maximum Gasteiger partial charge on any atom is 3.00 e. The summed E-state index contributed by atoms with van der Waals surface area (Å²) < 4.78 is 0. The van der Waals surface area contributed by atoms with Crippen molar-refractivity contribution in [1.82, 2.24) is 0 Å². The zero-order chi connectivity index (χ0) is 0. The standard InChI is InChI=1S/2In.2H2O.3O/h;;2*1H2;;;/q2*+3;;;3*-2. The molecule has 40 valence electrons. The molecular formula is H4In2O5. The van der Waals surface area contributed by atoms with Crippen LogP contribution < -0.4 is 0 Å². The molecule has 0 aliphatic rings. The fourth-order valence-electron chi connectivity index (χ4n) is 0. The first-order chi connectivity index (χ1) is 0. The molecule has 0 saturated carbocycles. The first-order valence-electron chi connectivity index (χ1n) is 0. The Labute approximate surface area is 78.6 Å². The molecule has 0 bridgehead atoms. The molecule has 0 aromatic rings. The van der Waals surface area contributed by atoms with Crippen molar-refractivity contribution in [3.8, 4) is 0 Å². The second-order valence-corrected chi connectivity index (χ2v) is 0. The number of hydrogen-bond donors (Lipinski definition) is 0. The van der Waals surface area contributed by atoms with E-state index in [1.807, 2.05) is 0 Å². The fourth-order valence-corrected chi connectivity index (χ4v) is 0. The third-order valence-corrected chi connectivity index (χ3v) is 0. The third-order valence-electron chi connectivity index (χ3n) is 0. The maximum absolute atomic E-state index is 0. The van der Waals surface area contributed by atoms with Crippen LogP contribution in [0.1, 0.15) is 0 Å². The first kappa shape index (κ1) is 205. The Bertz CT molecular complexity index is 6.04. The smallest absolute Gasteiger partial charge is 2.00 e. The van der Waals surface area contributed by atoms with Gasteiger partial charge in [-0.1, -0.05) is 0 Å². The van der Waals surface area contributed by atoms with E-state index in [1.54, 1.807) is 0 Å². The van der Waals surface area contributed by atoms with Crippen molar-refractivity contribution >= 4 is 51.7 Å². The van der Waals surface area contributed by atoms with E-state index >= 15 is 0 Å². The normalized spacial score (nSPS) is 0. The quantitative estimate of drug-likeness (QED) is 0.455. The van der Waals surface area contributed by atoms with E-state index in [9.17, 15) is 0 Å². The van der Waals surface area contributed by atoms with Gasteiger partial charge in [0.15, 0.2) is 0 Å². The molecule has 0 rings (SSSR count). The summed E-state index contributed by atoms with van der Waals surface area (Å²) in [6.45, 7) is 0. The van der Waals surface area contributed by atoms with Crippen molar-refractivity contribution in [3.05, 3.63) is 0 Å². The maximum atomic E-state index is 0. The molecule has 0 aliphatic carbocycles. The van der Waals surface area contributed by atoms with E-state index in [1.165, 1.54) is 0 Å². The molecule has 0 aromatic heterocycles. The van der Waals surface area contributed by atoms with E-state index < -0.39 is 0 Å². The summed E-state index contributed by atoms with van der Waals surface area (Å²) in [5, 5.41) is 0. The van der Waals surface area contributed by atoms with Crippen LogP contribution in [0, 0.1) is 0 Å². The zero-order valence-corrected chi connectivity index (χ0v) is 9.97. The minimum atomic E-state index is 0. The van der Waals surface area contributed by atoms with Crippen molar-refractivity contribution in [3.63, 3.8) is 0 Å². The fraction of sp³-hybridized carbons (Fsp3) is 0. The average molecular weight is 314 g/mol. The van der Waals surface area contributed by atoms with Crippen LogP contribution in [-0.4, -0.2) is 62.6 Å². The average Bonchev–Trinajstić information content (AvgIpc) is 0. The summed E-state index contributed by atoms with van der Waals surface area (Å²) in [5.74, 6) is 0. The zero-order valence-electron chi connectivity index (χ0n) is 3.38. The van der Waals surface area contributed by atoms with Crippen LogP contribution in [0.15, 0.2) is 0 Å².